The Kier molecular flexibility index (Phi) is 7.46. The molecule has 0 amide bonds. The van der Waals surface area contributed by atoms with Crippen LogP contribution < -0.4 is 0 Å². The fourth-order valence-corrected chi connectivity index (χ4v) is 5.23. The highest BCUT2D eigenvalue weighted by Crippen LogP contribution is 2.25. The van der Waals surface area contributed by atoms with Crippen LogP contribution in [-0.2, 0) is 6.42 Å². The molecule has 3 nitrogen and oxygen atoms in total. The third-order valence-corrected chi connectivity index (χ3v) is 6.61. The summed E-state index contributed by atoms with van der Waals surface area (Å²) in [5, 5.41) is 9.49. The van der Waals surface area contributed by atoms with Crippen molar-refractivity contribution in [3.8, 4) is 0 Å². The molecule has 1 aromatic carbocycles. The van der Waals surface area contributed by atoms with Crippen molar-refractivity contribution >= 4 is 11.8 Å². The van der Waals surface area contributed by atoms with E-state index in [9.17, 15) is 5.11 Å². The van der Waals surface area contributed by atoms with Gasteiger partial charge < -0.3 is 5.11 Å². The van der Waals surface area contributed by atoms with Gasteiger partial charge in [0, 0.05) is 38.3 Å². The number of aliphatic hydroxyl groups is 1. The molecule has 2 aliphatic rings. The summed E-state index contributed by atoms with van der Waals surface area (Å²) in [6.07, 6.45) is 6.00. The Morgan fingerprint density at radius 1 is 1.08 bits per heavy atom. The maximum atomic E-state index is 9.49. The van der Waals surface area contributed by atoms with Gasteiger partial charge in [0.15, 0.2) is 0 Å². The van der Waals surface area contributed by atoms with Crippen molar-refractivity contribution < 1.29 is 5.11 Å². The lowest BCUT2D eigenvalue weighted by molar-refractivity contribution is 0.0334. The minimum absolute atomic E-state index is 0.314. The van der Waals surface area contributed by atoms with Crippen molar-refractivity contribution in [3.05, 3.63) is 35.9 Å². The van der Waals surface area contributed by atoms with E-state index in [0.29, 0.717) is 12.6 Å². The van der Waals surface area contributed by atoms with Crippen molar-refractivity contribution in [2.75, 3.05) is 44.3 Å². The summed E-state index contributed by atoms with van der Waals surface area (Å²) in [5.74, 6) is 2.65. The van der Waals surface area contributed by atoms with Crippen molar-refractivity contribution in [1.82, 2.24) is 9.80 Å². The largest absolute Gasteiger partial charge is 0.396 e. The molecule has 1 unspecified atom stereocenters. The molecule has 0 aromatic heterocycles. The Balaban J connectivity index is 1.48. The predicted octanol–water partition coefficient (Wildman–Crippen LogP) is 2.88. The lowest BCUT2D eigenvalue weighted by atomic mass is 10.0. The van der Waals surface area contributed by atoms with Crippen LogP contribution in [0, 0.1) is 0 Å². The SMILES string of the molecule is OCCC1CN(C2CCSCC2)CCN1CCCc1ccccc1. The number of nitrogens with zero attached hydrogens (tertiary/aromatic N) is 2. The molecule has 0 saturated carbocycles. The van der Waals surface area contributed by atoms with Crippen LogP contribution in [0.2, 0.25) is 0 Å². The van der Waals surface area contributed by atoms with Crippen LogP contribution in [-0.4, -0.2) is 71.3 Å². The molecule has 1 N–H and O–H groups in total. The third kappa shape index (κ3) is 5.22. The van der Waals surface area contributed by atoms with Crippen LogP contribution in [0.4, 0.5) is 0 Å². The maximum Gasteiger partial charge on any atom is 0.0446 e. The fourth-order valence-electron chi connectivity index (χ4n) is 4.15. The second kappa shape index (κ2) is 9.81. The van der Waals surface area contributed by atoms with Gasteiger partial charge >= 0.3 is 0 Å². The summed E-state index contributed by atoms with van der Waals surface area (Å²) in [6, 6.07) is 12.1. The second-order valence-corrected chi connectivity index (χ2v) is 8.35. The zero-order chi connectivity index (χ0) is 16.6. The van der Waals surface area contributed by atoms with Crippen molar-refractivity contribution in [2.45, 2.75) is 44.2 Å². The molecule has 2 aliphatic heterocycles. The zero-order valence-corrected chi connectivity index (χ0v) is 15.6. The van der Waals surface area contributed by atoms with Crippen molar-refractivity contribution in [3.63, 3.8) is 0 Å². The molecule has 0 spiro atoms. The molecule has 134 valence electrons. The summed E-state index contributed by atoms with van der Waals surface area (Å²) < 4.78 is 0. The first-order valence-corrected chi connectivity index (χ1v) is 10.7. The van der Waals surface area contributed by atoms with E-state index in [2.05, 4.69) is 51.9 Å². The van der Waals surface area contributed by atoms with Gasteiger partial charge in [0.1, 0.15) is 0 Å². The molecule has 1 atom stereocenters. The Labute approximate surface area is 151 Å². The molecule has 4 heteroatoms. The smallest absolute Gasteiger partial charge is 0.0446 e. The van der Waals surface area contributed by atoms with Gasteiger partial charge in [-0.15, -0.1) is 0 Å². The standard InChI is InChI=1S/C20H32N2OS/c23-14-8-20-17-22(19-9-15-24-16-10-19)13-12-21(20)11-4-7-18-5-2-1-3-6-18/h1-3,5-6,19-20,23H,4,7-17H2. The normalized spacial score (nSPS) is 24.3. The highest BCUT2D eigenvalue weighted by molar-refractivity contribution is 7.99. The Bertz CT molecular complexity index is 464. The number of piperazine rings is 1. The van der Waals surface area contributed by atoms with Gasteiger partial charge in [0.05, 0.1) is 0 Å². The number of benzene rings is 1. The predicted molar refractivity (Wildman–Crippen MR) is 104 cm³/mol. The van der Waals surface area contributed by atoms with Crippen LogP contribution in [0.25, 0.3) is 0 Å². The van der Waals surface area contributed by atoms with E-state index in [-0.39, 0.29) is 0 Å². The number of aryl methyl sites for hydroxylation is 1. The molecule has 2 fully saturated rings. The summed E-state index contributed by atoms with van der Waals surface area (Å²) in [7, 11) is 0. The van der Waals surface area contributed by atoms with Crippen LogP contribution in [0.1, 0.15) is 31.2 Å². The number of aliphatic hydroxyl groups excluding tert-OH is 1. The van der Waals surface area contributed by atoms with Crippen LogP contribution in [0.5, 0.6) is 0 Å². The van der Waals surface area contributed by atoms with Crippen LogP contribution >= 0.6 is 11.8 Å². The van der Waals surface area contributed by atoms with E-state index in [1.165, 1.54) is 49.4 Å². The minimum Gasteiger partial charge on any atom is -0.396 e. The molecular formula is C20H32N2OS. The Morgan fingerprint density at radius 3 is 2.62 bits per heavy atom. The first-order chi connectivity index (χ1) is 11.9. The van der Waals surface area contributed by atoms with Gasteiger partial charge in [0.2, 0.25) is 0 Å². The number of hydrogen-bond donors (Lipinski definition) is 1. The fraction of sp³-hybridized carbons (Fsp3) is 0.700. The van der Waals surface area contributed by atoms with E-state index in [0.717, 1.165) is 32.0 Å². The van der Waals surface area contributed by atoms with E-state index in [1.807, 2.05) is 0 Å². The summed E-state index contributed by atoms with van der Waals surface area (Å²) in [6.45, 7) is 5.01. The minimum atomic E-state index is 0.314. The number of hydrogen-bond acceptors (Lipinski definition) is 4. The molecule has 2 saturated heterocycles. The van der Waals surface area contributed by atoms with Gasteiger partial charge in [0.25, 0.3) is 0 Å². The lowest BCUT2D eigenvalue weighted by Gasteiger charge is -2.45. The quantitative estimate of drug-likeness (QED) is 0.820. The highest BCUT2D eigenvalue weighted by Gasteiger charge is 2.30. The molecule has 24 heavy (non-hydrogen) atoms. The monoisotopic (exact) mass is 348 g/mol. The molecule has 0 bridgehead atoms. The number of rotatable bonds is 7. The maximum absolute atomic E-state index is 9.49. The van der Waals surface area contributed by atoms with Crippen LogP contribution in [0.15, 0.2) is 30.3 Å². The van der Waals surface area contributed by atoms with Gasteiger partial charge in [-0.1, -0.05) is 30.3 Å². The van der Waals surface area contributed by atoms with Crippen LogP contribution in [0.3, 0.4) is 0 Å². The lowest BCUT2D eigenvalue weighted by Crippen LogP contribution is -2.56. The topological polar surface area (TPSA) is 26.7 Å². The number of thioether (sulfide) groups is 1. The summed E-state index contributed by atoms with van der Waals surface area (Å²) >= 11 is 2.11. The summed E-state index contributed by atoms with van der Waals surface area (Å²) in [5.41, 5.74) is 1.44. The van der Waals surface area contributed by atoms with Gasteiger partial charge in [-0.2, -0.15) is 11.8 Å². The van der Waals surface area contributed by atoms with E-state index < -0.39 is 0 Å². The van der Waals surface area contributed by atoms with Gasteiger partial charge in [-0.3, -0.25) is 9.80 Å². The average Bonchev–Trinajstić information content (AvgIpc) is 2.65. The first kappa shape index (κ1) is 18.2. The second-order valence-electron chi connectivity index (χ2n) is 7.13. The molecule has 0 aliphatic carbocycles. The highest BCUT2D eigenvalue weighted by atomic mass is 32.2. The van der Waals surface area contributed by atoms with Gasteiger partial charge in [-0.25, -0.2) is 0 Å². The van der Waals surface area contributed by atoms with E-state index in [4.69, 9.17) is 0 Å². The average molecular weight is 349 g/mol. The van der Waals surface area contributed by atoms with Crippen molar-refractivity contribution in [1.29, 1.82) is 0 Å². The molecule has 0 radical (unpaired) electrons. The molecule has 2 heterocycles. The van der Waals surface area contributed by atoms with Crippen molar-refractivity contribution in [2.24, 2.45) is 0 Å². The van der Waals surface area contributed by atoms with Gasteiger partial charge in [-0.05, 0) is 55.7 Å². The zero-order valence-electron chi connectivity index (χ0n) is 14.8. The molecule has 3 rings (SSSR count). The first-order valence-electron chi connectivity index (χ1n) is 9.57. The molecular weight excluding hydrogens is 316 g/mol. The third-order valence-electron chi connectivity index (χ3n) is 5.56. The Morgan fingerprint density at radius 2 is 1.88 bits per heavy atom. The Hall–Kier alpha value is -0.550. The van der Waals surface area contributed by atoms with E-state index >= 15 is 0 Å². The summed E-state index contributed by atoms with van der Waals surface area (Å²) in [4.78, 5) is 5.35. The molecule has 1 aromatic rings. The van der Waals surface area contributed by atoms with E-state index in [1.54, 1.807) is 0 Å².